The lowest BCUT2D eigenvalue weighted by Gasteiger charge is -2.03. The molecule has 0 saturated carbocycles. The number of fused-ring (bicyclic) bond motifs is 3. The van der Waals surface area contributed by atoms with Crippen LogP contribution in [0, 0.1) is 10.1 Å². The van der Waals surface area contributed by atoms with Crippen molar-refractivity contribution in [3.05, 3.63) is 63.2 Å². The number of nitrogens with two attached hydrogens (primary N) is 1. The van der Waals surface area contributed by atoms with Gasteiger partial charge in [0.15, 0.2) is 0 Å². The van der Waals surface area contributed by atoms with Gasteiger partial charge >= 0.3 is 0 Å². The van der Waals surface area contributed by atoms with Crippen LogP contribution in [0.15, 0.2) is 47.5 Å². The van der Waals surface area contributed by atoms with Crippen molar-refractivity contribution >= 4 is 38.5 Å². The van der Waals surface area contributed by atoms with Crippen molar-refractivity contribution in [2.45, 2.75) is 13.0 Å². The number of benzene rings is 2. The van der Waals surface area contributed by atoms with Crippen LogP contribution >= 0.6 is 0 Å². The van der Waals surface area contributed by atoms with E-state index in [9.17, 15) is 14.9 Å². The number of nitro benzene ring substituents is 1. The standard InChI is InChI=1S/C20H17N7O3/c21-4-1-5-26-10-14(13-3-2-12(27(29)30)7-18(13)26)19-20(28)24-16-6-11-9-22-25-15(11)8-17(16)23-19/h2-3,6-10H,1,4-5,21H2,(H,22,25)(H,24,28). The van der Waals surface area contributed by atoms with E-state index in [-0.39, 0.29) is 16.9 Å². The smallest absolute Gasteiger partial charge is 0.275 e. The summed E-state index contributed by atoms with van der Waals surface area (Å²) in [5.74, 6) is 0. The van der Waals surface area contributed by atoms with E-state index in [0.717, 1.165) is 16.3 Å². The maximum absolute atomic E-state index is 12.9. The Morgan fingerprint density at radius 1 is 1.20 bits per heavy atom. The molecule has 0 aliphatic heterocycles. The number of nitrogens with zero attached hydrogens (tertiary/aromatic N) is 4. The van der Waals surface area contributed by atoms with Gasteiger partial charge in [0.2, 0.25) is 0 Å². The van der Waals surface area contributed by atoms with Gasteiger partial charge in [0.1, 0.15) is 5.69 Å². The van der Waals surface area contributed by atoms with Gasteiger partial charge < -0.3 is 15.3 Å². The zero-order valence-corrected chi connectivity index (χ0v) is 15.8. The van der Waals surface area contributed by atoms with Crippen molar-refractivity contribution < 1.29 is 4.92 Å². The maximum atomic E-state index is 12.9. The molecule has 0 radical (unpaired) electrons. The number of rotatable bonds is 5. The van der Waals surface area contributed by atoms with E-state index in [1.54, 1.807) is 12.3 Å². The molecule has 0 spiro atoms. The Bertz CT molecular complexity index is 1500. The largest absolute Gasteiger partial charge is 0.347 e. The third kappa shape index (κ3) is 2.81. The number of hydrogen-bond acceptors (Lipinski definition) is 6. The van der Waals surface area contributed by atoms with Crippen molar-refractivity contribution in [2.24, 2.45) is 5.73 Å². The second-order valence-corrected chi connectivity index (χ2v) is 7.08. The normalized spacial score (nSPS) is 11.6. The highest BCUT2D eigenvalue weighted by molar-refractivity contribution is 5.98. The van der Waals surface area contributed by atoms with E-state index in [1.165, 1.54) is 12.1 Å². The number of non-ortho nitro benzene ring substituents is 1. The van der Waals surface area contributed by atoms with Crippen molar-refractivity contribution in [1.82, 2.24) is 24.7 Å². The van der Waals surface area contributed by atoms with Gasteiger partial charge in [-0.05, 0) is 31.2 Å². The van der Waals surface area contributed by atoms with Crippen LogP contribution in [0.25, 0.3) is 44.1 Å². The number of H-pyrrole nitrogens is 2. The molecule has 3 aromatic heterocycles. The van der Waals surface area contributed by atoms with Crippen LogP contribution in [0.5, 0.6) is 0 Å². The lowest BCUT2D eigenvalue weighted by atomic mass is 10.1. The third-order valence-corrected chi connectivity index (χ3v) is 5.19. The van der Waals surface area contributed by atoms with Gasteiger partial charge in [-0.3, -0.25) is 20.0 Å². The molecule has 0 aliphatic carbocycles. The van der Waals surface area contributed by atoms with E-state index in [4.69, 9.17) is 5.73 Å². The Kier molecular flexibility index (Phi) is 4.07. The molecule has 4 N–H and O–H groups in total. The van der Waals surface area contributed by atoms with Crippen molar-refractivity contribution in [2.75, 3.05) is 6.54 Å². The summed E-state index contributed by atoms with van der Waals surface area (Å²) in [7, 11) is 0. The predicted molar refractivity (Wildman–Crippen MR) is 113 cm³/mol. The molecule has 2 aromatic carbocycles. The Hall–Kier alpha value is -4.05. The molecule has 0 unspecified atom stereocenters. The topological polar surface area (TPSA) is 149 Å². The van der Waals surface area contributed by atoms with Crippen molar-refractivity contribution in [1.29, 1.82) is 0 Å². The number of nitrogens with one attached hydrogen (secondary N) is 2. The summed E-state index contributed by atoms with van der Waals surface area (Å²) in [5, 5.41) is 19.7. The average Bonchev–Trinajstić information content (AvgIpc) is 3.33. The molecule has 150 valence electrons. The number of aryl methyl sites for hydroxylation is 1. The number of nitro groups is 1. The van der Waals surface area contributed by atoms with Crippen LogP contribution in [0.3, 0.4) is 0 Å². The molecule has 30 heavy (non-hydrogen) atoms. The van der Waals surface area contributed by atoms with Gasteiger partial charge in [0.05, 0.1) is 33.2 Å². The molecular formula is C20H17N7O3. The summed E-state index contributed by atoms with van der Waals surface area (Å²) < 4.78 is 1.88. The minimum Gasteiger partial charge on any atom is -0.347 e. The van der Waals surface area contributed by atoms with E-state index < -0.39 is 4.92 Å². The molecule has 10 nitrogen and oxygen atoms in total. The molecule has 0 amide bonds. The zero-order valence-electron chi connectivity index (χ0n) is 15.8. The predicted octanol–water partition coefficient (Wildman–Crippen LogP) is 2.68. The number of aromatic amines is 2. The molecular weight excluding hydrogens is 386 g/mol. The van der Waals surface area contributed by atoms with Gasteiger partial charge in [-0.25, -0.2) is 4.98 Å². The number of aromatic nitrogens is 5. The monoisotopic (exact) mass is 403 g/mol. The maximum Gasteiger partial charge on any atom is 0.275 e. The highest BCUT2D eigenvalue weighted by atomic mass is 16.6. The van der Waals surface area contributed by atoms with Crippen LogP contribution in [-0.2, 0) is 6.54 Å². The van der Waals surface area contributed by atoms with Gasteiger partial charge in [0, 0.05) is 41.2 Å². The fourth-order valence-electron chi connectivity index (χ4n) is 3.74. The van der Waals surface area contributed by atoms with Crippen molar-refractivity contribution in [3.8, 4) is 11.3 Å². The molecule has 5 rings (SSSR count). The summed E-state index contributed by atoms with van der Waals surface area (Å²) in [5.41, 5.74) is 8.88. The van der Waals surface area contributed by atoms with E-state index in [0.29, 0.717) is 41.6 Å². The lowest BCUT2D eigenvalue weighted by Crippen LogP contribution is -2.11. The van der Waals surface area contributed by atoms with E-state index in [1.807, 2.05) is 22.9 Å². The second kappa shape index (κ2) is 6.78. The first kappa shape index (κ1) is 18.0. The fraction of sp³-hybridized carbons (Fsp3) is 0.150. The molecule has 0 aliphatic rings. The Balaban J connectivity index is 1.76. The quantitative estimate of drug-likeness (QED) is 0.303. The molecule has 10 heteroatoms. The molecule has 0 bridgehead atoms. The van der Waals surface area contributed by atoms with Crippen LogP contribution < -0.4 is 11.3 Å². The molecule has 0 atom stereocenters. The van der Waals surface area contributed by atoms with Crippen LogP contribution in [0.4, 0.5) is 5.69 Å². The highest BCUT2D eigenvalue weighted by Gasteiger charge is 2.18. The van der Waals surface area contributed by atoms with E-state index in [2.05, 4.69) is 20.2 Å². The summed E-state index contributed by atoms with van der Waals surface area (Å²) >= 11 is 0. The summed E-state index contributed by atoms with van der Waals surface area (Å²) in [6.45, 7) is 1.06. The second-order valence-electron chi connectivity index (χ2n) is 7.08. The average molecular weight is 403 g/mol. The molecule has 5 aromatic rings. The SMILES string of the molecule is NCCCn1cc(-c2nc3cc4[nH]ncc4cc3[nH]c2=O)c2ccc([N+](=O)[O-])cc21. The summed E-state index contributed by atoms with van der Waals surface area (Å²) in [6.07, 6.45) is 4.19. The first-order valence-electron chi connectivity index (χ1n) is 9.40. The van der Waals surface area contributed by atoms with Crippen LogP contribution in [0.2, 0.25) is 0 Å². The van der Waals surface area contributed by atoms with Gasteiger partial charge in [-0.15, -0.1) is 0 Å². The molecule has 0 fully saturated rings. The van der Waals surface area contributed by atoms with Gasteiger partial charge in [-0.2, -0.15) is 5.10 Å². The summed E-state index contributed by atoms with van der Waals surface area (Å²) in [4.78, 5) is 31.2. The zero-order chi connectivity index (χ0) is 20.8. The Morgan fingerprint density at radius 3 is 2.87 bits per heavy atom. The summed E-state index contributed by atoms with van der Waals surface area (Å²) in [6, 6.07) is 8.25. The van der Waals surface area contributed by atoms with Gasteiger partial charge in [0.25, 0.3) is 11.2 Å². The Morgan fingerprint density at radius 2 is 2.07 bits per heavy atom. The highest BCUT2D eigenvalue weighted by Crippen LogP contribution is 2.31. The first-order valence-corrected chi connectivity index (χ1v) is 9.40. The van der Waals surface area contributed by atoms with Crippen LogP contribution in [-0.4, -0.2) is 36.2 Å². The molecule has 3 heterocycles. The van der Waals surface area contributed by atoms with Crippen LogP contribution in [0.1, 0.15) is 6.42 Å². The fourth-order valence-corrected chi connectivity index (χ4v) is 3.74. The molecule has 0 saturated heterocycles. The number of hydrogen-bond donors (Lipinski definition) is 3. The minimum absolute atomic E-state index is 0.0110. The lowest BCUT2D eigenvalue weighted by molar-refractivity contribution is -0.384. The Labute approximate surface area is 168 Å². The third-order valence-electron chi connectivity index (χ3n) is 5.19. The minimum atomic E-state index is -0.434. The van der Waals surface area contributed by atoms with Gasteiger partial charge in [-0.1, -0.05) is 0 Å². The first-order chi connectivity index (χ1) is 14.5. The van der Waals surface area contributed by atoms with Crippen molar-refractivity contribution in [3.63, 3.8) is 0 Å². The van der Waals surface area contributed by atoms with E-state index >= 15 is 0 Å².